The number of nitrogens with two attached hydrogens (primary N) is 1. The van der Waals surface area contributed by atoms with Crippen molar-refractivity contribution in [2.45, 2.75) is 0 Å². The van der Waals surface area contributed by atoms with Crippen LogP contribution in [-0.4, -0.2) is 31.6 Å². The molecule has 1 aromatic carbocycles. The van der Waals surface area contributed by atoms with E-state index in [1.807, 2.05) is 0 Å². The Morgan fingerprint density at radius 2 is 2.17 bits per heavy atom. The first kappa shape index (κ1) is 14.9. The van der Waals surface area contributed by atoms with E-state index >= 15 is 0 Å². The number of benzene rings is 1. The topological polar surface area (TPSA) is 81.4 Å². The summed E-state index contributed by atoms with van der Waals surface area (Å²) in [5, 5.41) is 3.19. The molecule has 0 spiro atoms. The molecule has 5 nitrogen and oxygen atoms in total. The lowest BCUT2D eigenvalue weighted by Crippen LogP contribution is -2.29. The molecule has 0 aliphatic rings. The zero-order valence-electron chi connectivity index (χ0n) is 9.41. The van der Waals surface area contributed by atoms with Gasteiger partial charge in [-0.25, -0.2) is 0 Å². The highest BCUT2D eigenvalue weighted by Crippen LogP contribution is 2.21. The Balaban J connectivity index is 2.39. The summed E-state index contributed by atoms with van der Waals surface area (Å²) < 4.78 is 5.52. The van der Waals surface area contributed by atoms with Crippen molar-refractivity contribution in [2.75, 3.05) is 19.8 Å². The molecule has 1 rings (SSSR count). The number of rotatable bonds is 6. The van der Waals surface area contributed by atoms with Crippen molar-refractivity contribution >= 4 is 39.3 Å². The molecule has 0 radical (unpaired) electrons. The number of primary amides is 1. The van der Waals surface area contributed by atoms with Crippen molar-refractivity contribution in [3.8, 4) is 0 Å². The standard InChI is InChI=1S/C11H12BrClN2O3/c12-9-5-7(13)1-2-8(9)11(17)15-3-4-18-6-10(14)16/h1-2,5H,3-4,6H2,(H2,14,16)(H,15,17). The fourth-order valence-corrected chi connectivity index (χ4v) is 2.04. The summed E-state index contributed by atoms with van der Waals surface area (Å²) >= 11 is 9.02. The second-order valence-electron chi connectivity index (χ2n) is 3.40. The number of carbonyl (C=O) groups excluding carboxylic acids is 2. The summed E-state index contributed by atoms with van der Waals surface area (Å²) in [6.07, 6.45) is 0. The highest BCUT2D eigenvalue weighted by molar-refractivity contribution is 9.10. The Bertz CT molecular complexity index is 454. The Morgan fingerprint density at radius 3 is 2.78 bits per heavy atom. The van der Waals surface area contributed by atoms with Crippen LogP contribution in [0.25, 0.3) is 0 Å². The first-order valence-corrected chi connectivity index (χ1v) is 6.27. The predicted octanol–water partition coefficient (Wildman–Crippen LogP) is 1.33. The maximum absolute atomic E-state index is 11.7. The molecular formula is C11H12BrClN2O3. The van der Waals surface area contributed by atoms with Gasteiger partial charge in [-0.2, -0.15) is 0 Å². The fourth-order valence-electron chi connectivity index (χ4n) is 1.18. The van der Waals surface area contributed by atoms with Crippen molar-refractivity contribution in [2.24, 2.45) is 5.73 Å². The molecule has 0 saturated carbocycles. The largest absolute Gasteiger partial charge is 0.370 e. The molecule has 0 unspecified atom stereocenters. The molecule has 0 atom stereocenters. The third-order valence-electron chi connectivity index (χ3n) is 1.95. The van der Waals surface area contributed by atoms with E-state index in [0.717, 1.165) is 0 Å². The maximum atomic E-state index is 11.7. The molecule has 0 heterocycles. The lowest BCUT2D eigenvalue weighted by Gasteiger charge is -2.07. The first-order chi connectivity index (χ1) is 8.50. The van der Waals surface area contributed by atoms with Gasteiger partial charge in [0.05, 0.1) is 12.2 Å². The van der Waals surface area contributed by atoms with Gasteiger partial charge < -0.3 is 15.8 Å². The normalized spacial score (nSPS) is 10.1. The lowest BCUT2D eigenvalue weighted by molar-refractivity contribution is -0.122. The SMILES string of the molecule is NC(=O)COCCNC(=O)c1ccc(Cl)cc1Br. The fraction of sp³-hybridized carbons (Fsp3) is 0.273. The third-order valence-corrected chi connectivity index (χ3v) is 2.84. The van der Waals surface area contributed by atoms with Crippen LogP contribution in [0, 0.1) is 0 Å². The molecule has 1 aromatic rings. The van der Waals surface area contributed by atoms with Crippen LogP contribution in [-0.2, 0) is 9.53 Å². The number of hydrogen-bond donors (Lipinski definition) is 2. The van der Waals surface area contributed by atoms with E-state index in [4.69, 9.17) is 22.1 Å². The second-order valence-corrected chi connectivity index (χ2v) is 4.69. The van der Waals surface area contributed by atoms with E-state index in [-0.39, 0.29) is 19.1 Å². The Kier molecular flexibility index (Phi) is 6.11. The van der Waals surface area contributed by atoms with Gasteiger partial charge in [-0.3, -0.25) is 9.59 Å². The zero-order valence-corrected chi connectivity index (χ0v) is 11.8. The third kappa shape index (κ3) is 5.03. The number of ether oxygens (including phenoxy) is 1. The zero-order chi connectivity index (χ0) is 13.5. The molecule has 0 aliphatic heterocycles. The van der Waals surface area contributed by atoms with E-state index in [1.165, 1.54) is 0 Å². The van der Waals surface area contributed by atoms with Gasteiger partial charge in [-0.05, 0) is 34.1 Å². The van der Waals surface area contributed by atoms with Crippen LogP contribution in [0.4, 0.5) is 0 Å². The number of amides is 2. The van der Waals surface area contributed by atoms with E-state index in [1.54, 1.807) is 18.2 Å². The molecule has 3 N–H and O–H groups in total. The van der Waals surface area contributed by atoms with Crippen LogP contribution >= 0.6 is 27.5 Å². The molecule has 0 saturated heterocycles. The summed E-state index contributed by atoms with van der Waals surface area (Å²) in [7, 11) is 0. The minimum atomic E-state index is -0.540. The van der Waals surface area contributed by atoms with E-state index in [0.29, 0.717) is 21.6 Å². The molecular weight excluding hydrogens is 323 g/mol. The van der Waals surface area contributed by atoms with Gasteiger partial charge >= 0.3 is 0 Å². The van der Waals surface area contributed by atoms with Crippen LogP contribution < -0.4 is 11.1 Å². The van der Waals surface area contributed by atoms with Crippen LogP contribution in [0.1, 0.15) is 10.4 Å². The van der Waals surface area contributed by atoms with E-state index in [2.05, 4.69) is 21.2 Å². The minimum Gasteiger partial charge on any atom is -0.370 e. The van der Waals surface area contributed by atoms with Gasteiger partial charge in [0.1, 0.15) is 6.61 Å². The lowest BCUT2D eigenvalue weighted by atomic mass is 10.2. The van der Waals surface area contributed by atoms with Crippen molar-refractivity contribution in [3.05, 3.63) is 33.3 Å². The molecule has 0 aromatic heterocycles. The van der Waals surface area contributed by atoms with E-state index < -0.39 is 5.91 Å². The van der Waals surface area contributed by atoms with Gasteiger partial charge in [-0.15, -0.1) is 0 Å². The highest BCUT2D eigenvalue weighted by Gasteiger charge is 2.09. The van der Waals surface area contributed by atoms with Crippen molar-refractivity contribution in [1.82, 2.24) is 5.32 Å². The van der Waals surface area contributed by atoms with Crippen LogP contribution in [0.15, 0.2) is 22.7 Å². The predicted molar refractivity (Wildman–Crippen MR) is 71.5 cm³/mol. The van der Waals surface area contributed by atoms with Crippen LogP contribution in [0.5, 0.6) is 0 Å². The Hall–Kier alpha value is -1.11. The number of carbonyl (C=O) groups is 2. The number of halogens is 2. The summed E-state index contributed by atoms with van der Waals surface area (Å²) in [5.41, 5.74) is 5.37. The summed E-state index contributed by atoms with van der Waals surface area (Å²) in [6, 6.07) is 4.89. The van der Waals surface area contributed by atoms with Crippen LogP contribution in [0.3, 0.4) is 0 Å². The monoisotopic (exact) mass is 334 g/mol. The van der Waals surface area contributed by atoms with Crippen molar-refractivity contribution < 1.29 is 14.3 Å². The van der Waals surface area contributed by atoms with Gasteiger partial charge in [0, 0.05) is 16.0 Å². The molecule has 2 amide bonds. The smallest absolute Gasteiger partial charge is 0.252 e. The van der Waals surface area contributed by atoms with Gasteiger partial charge in [0.15, 0.2) is 0 Å². The average Bonchev–Trinajstić information content (AvgIpc) is 2.27. The van der Waals surface area contributed by atoms with Gasteiger partial charge in [-0.1, -0.05) is 11.6 Å². The Morgan fingerprint density at radius 1 is 1.44 bits per heavy atom. The molecule has 18 heavy (non-hydrogen) atoms. The van der Waals surface area contributed by atoms with Gasteiger partial charge in [0.2, 0.25) is 5.91 Å². The highest BCUT2D eigenvalue weighted by atomic mass is 79.9. The summed E-state index contributed by atoms with van der Waals surface area (Å²) in [5.74, 6) is -0.789. The first-order valence-electron chi connectivity index (χ1n) is 5.10. The summed E-state index contributed by atoms with van der Waals surface area (Å²) in [4.78, 5) is 22.1. The molecule has 7 heteroatoms. The van der Waals surface area contributed by atoms with Crippen molar-refractivity contribution in [3.63, 3.8) is 0 Å². The molecule has 0 aliphatic carbocycles. The van der Waals surface area contributed by atoms with Crippen LogP contribution in [0.2, 0.25) is 5.02 Å². The average molecular weight is 336 g/mol. The summed E-state index contributed by atoms with van der Waals surface area (Å²) in [6.45, 7) is 0.363. The van der Waals surface area contributed by atoms with E-state index in [9.17, 15) is 9.59 Å². The minimum absolute atomic E-state index is 0.152. The number of hydrogen-bond acceptors (Lipinski definition) is 3. The molecule has 0 bridgehead atoms. The van der Waals surface area contributed by atoms with Crippen molar-refractivity contribution in [1.29, 1.82) is 0 Å². The molecule has 98 valence electrons. The number of nitrogens with one attached hydrogen (secondary N) is 1. The van der Waals surface area contributed by atoms with Gasteiger partial charge in [0.25, 0.3) is 5.91 Å². The second kappa shape index (κ2) is 7.35. The molecule has 0 fully saturated rings. The Labute approximate surface area is 118 Å². The quantitative estimate of drug-likeness (QED) is 0.770. The maximum Gasteiger partial charge on any atom is 0.252 e.